The van der Waals surface area contributed by atoms with Crippen LogP contribution in [0.25, 0.3) is 0 Å². The predicted molar refractivity (Wildman–Crippen MR) is 71.1 cm³/mol. The van der Waals surface area contributed by atoms with Gasteiger partial charge in [0.1, 0.15) is 0 Å². The Balaban J connectivity index is 2.21. The molecule has 0 aromatic heterocycles. The van der Waals surface area contributed by atoms with Crippen LogP contribution in [0.4, 0.5) is 0 Å². The van der Waals surface area contributed by atoms with E-state index in [1.807, 2.05) is 6.92 Å². The maximum absolute atomic E-state index is 12.0. The molecule has 0 amide bonds. The third-order valence-corrected chi connectivity index (χ3v) is 6.35. The minimum Gasteiger partial charge on any atom is -0.262 e. The van der Waals surface area contributed by atoms with Crippen molar-refractivity contribution in [1.29, 1.82) is 0 Å². The Bertz CT molecular complexity index is 659. The highest BCUT2D eigenvalue weighted by Crippen LogP contribution is 2.25. The van der Waals surface area contributed by atoms with Gasteiger partial charge in [-0.1, -0.05) is 24.6 Å². The molecule has 1 aliphatic rings. The largest absolute Gasteiger partial charge is 0.297 e. The molecule has 0 aliphatic carbocycles. The zero-order valence-electron chi connectivity index (χ0n) is 10.7. The van der Waals surface area contributed by atoms with Gasteiger partial charge in [-0.15, -0.1) is 0 Å². The van der Waals surface area contributed by atoms with Gasteiger partial charge in [-0.25, -0.2) is 8.42 Å². The average molecular weight is 304 g/mol. The van der Waals surface area contributed by atoms with Gasteiger partial charge >= 0.3 is 0 Å². The zero-order valence-corrected chi connectivity index (χ0v) is 12.4. The van der Waals surface area contributed by atoms with Crippen molar-refractivity contribution in [3.63, 3.8) is 0 Å². The Morgan fingerprint density at radius 3 is 2.21 bits per heavy atom. The molecule has 2 atom stereocenters. The second-order valence-electron chi connectivity index (χ2n) is 4.96. The van der Waals surface area contributed by atoms with Crippen LogP contribution in [0.5, 0.6) is 0 Å². The van der Waals surface area contributed by atoms with E-state index in [-0.39, 0.29) is 22.3 Å². The quantitative estimate of drug-likeness (QED) is 0.782. The van der Waals surface area contributed by atoms with Crippen molar-refractivity contribution < 1.29 is 21.0 Å². The average Bonchev–Trinajstić information content (AvgIpc) is 2.51. The fraction of sp³-hybridized carbons (Fsp3) is 0.500. The standard InChI is InChI=1S/C12H16O5S2/c1-9-3-5-11(6-4-9)19(15,16)17-12-8-18(13,14)7-10(12)2/h3-6,10,12H,7-8H2,1-2H3/t10-,12-/m1/s1. The minimum atomic E-state index is -3.91. The first-order valence-corrected chi connectivity index (χ1v) is 9.13. The molecule has 1 heterocycles. The summed E-state index contributed by atoms with van der Waals surface area (Å²) in [6, 6.07) is 6.26. The topological polar surface area (TPSA) is 77.5 Å². The van der Waals surface area contributed by atoms with Gasteiger partial charge in [-0.2, -0.15) is 8.42 Å². The fourth-order valence-electron chi connectivity index (χ4n) is 2.04. The molecule has 2 rings (SSSR count). The summed E-state index contributed by atoms with van der Waals surface area (Å²) < 4.78 is 52.0. The van der Waals surface area contributed by atoms with E-state index in [1.165, 1.54) is 12.1 Å². The van der Waals surface area contributed by atoms with E-state index in [0.29, 0.717) is 0 Å². The van der Waals surface area contributed by atoms with Crippen LogP contribution in [-0.4, -0.2) is 34.4 Å². The van der Waals surface area contributed by atoms with Gasteiger partial charge in [0.15, 0.2) is 9.84 Å². The van der Waals surface area contributed by atoms with Crippen LogP contribution < -0.4 is 0 Å². The van der Waals surface area contributed by atoms with E-state index in [2.05, 4.69) is 0 Å². The lowest BCUT2D eigenvalue weighted by atomic mass is 10.1. The minimum absolute atomic E-state index is 0.0267. The Hall–Kier alpha value is -0.920. The second kappa shape index (κ2) is 4.88. The lowest BCUT2D eigenvalue weighted by Gasteiger charge is -2.14. The van der Waals surface area contributed by atoms with E-state index < -0.39 is 26.1 Å². The Labute approximate surface area is 113 Å². The van der Waals surface area contributed by atoms with Crippen molar-refractivity contribution >= 4 is 20.0 Å². The molecule has 0 unspecified atom stereocenters. The molecule has 19 heavy (non-hydrogen) atoms. The lowest BCUT2D eigenvalue weighted by molar-refractivity contribution is 0.192. The fourth-order valence-corrected chi connectivity index (χ4v) is 5.34. The molecule has 1 saturated heterocycles. The van der Waals surface area contributed by atoms with E-state index in [4.69, 9.17) is 4.18 Å². The van der Waals surface area contributed by atoms with Crippen molar-refractivity contribution in [3.05, 3.63) is 29.8 Å². The van der Waals surface area contributed by atoms with Crippen LogP contribution in [0, 0.1) is 12.8 Å². The first-order valence-electron chi connectivity index (χ1n) is 5.90. The number of hydrogen-bond acceptors (Lipinski definition) is 5. The molecule has 0 saturated carbocycles. The van der Waals surface area contributed by atoms with Gasteiger partial charge in [0.05, 0.1) is 22.5 Å². The first-order chi connectivity index (χ1) is 8.70. The van der Waals surface area contributed by atoms with Crippen LogP contribution >= 0.6 is 0 Å². The number of aryl methyl sites for hydroxylation is 1. The smallest absolute Gasteiger partial charge is 0.262 e. The summed E-state index contributed by atoms with van der Waals surface area (Å²) in [5.41, 5.74) is 0.941. The van der Waals surface area contributed by atoms with Gasteiger partial charge in [0, 0.05) is 0 Å². The van der Waals surface area contributed by atoms with Gasteiger partial charge in [-0.05, 0) is 25.0 Å². The summed E-state index contributed by atoms with van der Waals surface area (Å²) in [7, 11) is -7.10. The first kappa shape index (κ1) is 14.5. The van der Waals surface area contributed by atoms with Gasteiger partial charge in [-0.3, -0.25) is 4.18 Å². The van der Waals surface area contributed by atoms with Crippen molar-refractivity contribution in [3.8, 4) is 0 Å². The Morgan fingerprint density at radius 1 is 1.16 bits per heavy atom. The van der Waals surface area contributed by atoms with Gasteiger partial charge in [0.25, 0.3) is 10.1 Å². The second-order valence-corrected chi connectivity index (χ2v) is 8.68. The molecule has 1 fully saturated rings. The predicted octanol–water partition coefficient (Wildman–Crippen LogP) is 1.13. The van der Waals surface area contributed by atoms with Crippen LogP contribution in [0.3, 0.4) is 0 Å². The molecular formula is C12H16O5S2. The van der Waals surface area contributed by atoms with Crippen molar-refractivity contribution in [2.75, 3.05) is 11.5 Å². The lowest BCUT2D eigenvalue weighted by Crippen LogP contribution is -2.24. The number of hydrogen-bond donors (Lipinski definition) is 0. The SMILES string of the molecule is Cc1ccc(S(=O)(=O)O[C@@H]2CS(=O)(=O)C[C@H]2C)cc1. The molecule has 1 aromatic rings. The summed E-state index contributed by atoms with van der Waals surface area (Å²) in [5, 5.41) is 0. The Morgan fingerprint density at radius 2 is 1.74 bits per heavy atom. The molecular weight excluding hydrogens is 288 g/mol. The summed E-state index contributed by atoms with van der Waals surface area (Å²) in [4.78, 5) is 0.0506. The Kier molecular flexibility index (Phi) is 3.72. The van der Waals surface area contributed by atoms with E-state index in [1.54, 1.807) is 19.1 Å². The molecule has 0 N–H and O–H groups in total. The number of rotatable bonds is 3. The van der Waals surface area contributed by atoms with Crippen molar-refractivity contribution in [2.45, 2.75) is 24.8 Å². The molecule has 7 heteroatoms. The van der Waals surface area contributed by atoms with Crippen molar-refractivity contribution in [2.24, 2.45) is 5.92 Å². The molecule has 1 aromatic carbocycles. The van der Waals surface area contributed by atoms with Gasteiger partial charge in [0.2, 0.25) is 0 Å². The monoisotopic (exact) mass is 304 g/mol. The zero-order chi connectivity index (χ0) is 14.3. The van der Waals surface area contributed by atoms with E-state index in [0.717, 1.165) is 5.56 Å². The van der Waals surface area contributed by atoms with E-state index in [9.17, 15) is 16.8 Å². The maximum Gasteiger partial charge on any atom is 0.297 e. The molecule has 5 nitrogen and oxygen atoms in total. The highest BCUT2D eigenvalue weighted by atomic mass is 32.2. The summed E-state index contributed by atoms with van der Waals surface area (Å²) in [6.07, 6.45) is -0.795. The molecule has 106 valence electrons. The highest BCUT2D eigenvalue weighted by molar-refractivity contribution is 7.91. The molecule has 0 radical (unpaired) electrons. The number of benzene rings is 1. The normalized spacial score (nSPS) is 26.4. The van der Waals surface area contributed by atoms with Gasteiger partial charge < -0.3 is 0 Å². The van der Waals surface area contributed by atoms with Crippen LogP contribution in [0.15, 0.2) is 29.2 Å². The summed E-state index contributed by atoms with van der Waals surface area (Å²) in [6.45, 7) is 3.53. The summed E-state index contributed by atoms with van der Waals surface area (Å²) in [5.74, 6) is -0.578. The highest BCUT2D eigenvalue weighted by Gasteiger charge is 2.38. The number of sulfone groups is 1. The van der Waals surface area contributed by atoms with E-state index >= 15 is 0 Å². The van der Waals surface area contributed by atoms with Crippen LogP contribution in [0.1, 0.15) is 12.5 Å². The third-order valence-electron chi connectivity index (χ3n) is 3.13. The molecule has 0 bridgehead atoms. The molecule has 1 aliphatic heterocycles. The van der Waals surface area contributed by atoms with Crippen LogP contribution in [-0.2, 0) is 24.1 Å². The van der Waals surface area contributed by atoms with Crippen molar-refractivity contribution in [1.82, 2.24) is 0 Å². The van der Waals surface area contributed by atoms with Crippen LogP contribution in [0.2, 0.25) is 0 Å². The summed E-state index contributed by atoms with van der Waals surface area (Å²) >= 11 is 0. The third kappa shape index (κ3) is 3.34. The maximum atomic E-state index is 12.0. The molecule has 0 spiro atoms.